The Hall–Kier alpha value is -0.860. The van der Waals surface area contributed by atoms with Gasteiger partial charge in [-0.2, -0.15) is 0 Å². The fourth-order valence-corrected chi connectivity index (χ4v) is 1.66. The zero-order valence-corrected chi connectivity index (χ0v) is 10.1. The first kappa shape index (κ1) is 12.2. The smallest absolute Gasteiger partial charge is 0.147 e. The van der Waals surface area contributed by atoms with Crippen molar-refractivity contribution < 1.29 is 4.79 Å². The molecule has 0 aliphatic heterocycles. The second-order valence-electron chi connectivity index (χ2n) is 3.92. The van der Waals surface area contributed by atoms with Crippen molar-refractivity contribution in [3.05, 3.63) is 34.9 Å². The molecule has 1 rings (SSSR count). The molecule has 0 aliphatic rings. The summed E-state index contributed by atoms with van der Waals surface area (Å²) in [5.41, 5.74) is 1.13. The average molecular weight is 226 g/mol. The Balaban J connectivity index is 2.74. The van der Waals surface area contributed by atoms with Gasteiger partial charge < -0.3 is 0 Å². The van der Waals surface area contributed by atoms with E-state index in [0.717, 1.165) is 17.0 Å². The van der Waals surface area contributed by atoms with E-state index < -0.39 is 0 Å². The Morgan fingerprint density at radius 3 is 2.27 bits per heavy atom. The normalized spacial score (nSPS) is 12.9. The lowest BCUT2D eigenvalue weighted by Crippen LogP contribution is -2.36. The van der Waals surface area contributed by atoms with E-state index in [2.05, 4.69) is 0 Å². The summed E-state index contributed by atoms with van der Waals surface area (Å²) < 4.78 is 0. The van der Waals surface area contributed by atoms with Gasteiger partial charge in [-0.25, -0.2) is 0 Å². The Bertz CT molecular complexity index is 332. The quantitative estimate of drug-likeness (QED) is 0.785. The molecule has 0 fully saturated rings. The standard InChI is InChI=1S/C12H16ClNO/c1-9(15)12(14(2)3)8-10-4-6-11(13)7-5-10/h4-7,12H,8H2,1-3H3. The third-order valence-electron chi connectivity index (χ3n) is 2.43. The van der Waals surface area contributed by atoms with Gasteiger partial charge in [-0.15, -0.1) is 0 Å². The van der Waals surface area contributed by atoms with Crippen LogP contribution in [-0.4, -0.2) is 30.8 Å². The van der Waals surface area contributed by atoms with Gasteiger partial charge in [-0.05, 0) is 45.1 Å². The number of Topliss-reactive ketones (excluding diaryl/α,β-unsaturated/α-hetero) is 1. The number of benzene rings is 1. The van der Waals surface area contributed by atoms with Crippen LogP contribution in [-0.2, 0) is 11.2 Å². The molecular weight excluding hydrogens is 210 g/mol. The maximum Gasteiger partial charge on any atom is 0.147 e. The summed E-state index contributed by atoms with van der Waals surface area (Å²) in [6.45, 7) is 1.63. The number of halogens is 1. The summed E-state index contributed by atoms with van der Waals surface area (Å²) in [4.78, 5) is 13.3. The van der Waals surface area contributed by atoms with Crippen LogP contribution in [0, 0.1) is 0 Å². The van der Waals surface area contributed by atoms with E-state index in [1.165, 1.54) is 0 Å². The maximum absolute atomic E-state index is 11.4. The van der Waals surface area contributed by atoms with E-state index in [1.54, 1.807) is 6.92 Å². The SMILES string of the molecule is CC(=O)C(Cc1ccc(Cl)cc1)N(C)C. The predicted molar refractivity (Wildman–Crippen MR) is 63.3 cm³/mol. The molecule has 0 aromatic heterocycles. The molecule has 1 aromatic rings. The highest BCUT2D eigenvalue weighted by atomic mass is 35.5. The highest BCUT2D eigenvalue weighted by Crippen LogP contribution is 2.12. The number of ketones is 1. The number of hydrogen-bond acceptors (Lipinski definition) is 2. The van der Waals surface area contributed by atoms with Gasteiger partial charge >= 0.3 is 0 Å². The minimum absolute atomic E-state index is 0.0498. The molecule has 0 radical (unpaired) electrons. The molecule has 1 unspecified atom stereocenters. The molecular formula is C12H16ClNO. The summed E-state index contributed by atoms with van der Waals surface area (Å²) >= 11 is 5.80. The van der Waals surface area contributed by atoms with Gasteiger partial charge in [0.15, 0.2) is 0 Å². The van der Waals surface area contributed by atoms with Crippen molar-refractivity contribution in [2.75, 3.05) is 14.1 Å². The summed E-state index contributed by atoms with van der Waals surface area (Å²) in [7, 11) is 3.84. The van der Waals surface area contributed by atoms with Crippen LogP contribution in [0.5, 0.6) is 0 Å². The van der Waals surface area contributed by atoms with Gasteiger partial charge in [0.1, 0.15) is 5.78 Å². The van der Waals surface area contributed by atoms with E-state index >= 15 is 0 Å². The Morgan fingerprint density at radius 2 is 1.87 bits per heavy atom. The minimum Gasteiger partial charge on any atom is -0.299 e. The van der Waals surface area contributed by atoms with Gasteiger partial charge in [-0.3, -0.25) is 9.69 Å². The van der Waals surface area contributed by atoms with E-state index in [9.17, 15) is 4.79 Å². The van der Waals surface area contributed by atoms with Crippen LogP contribution in [0.1, 0.15) is 12.5 Å². The molecule has 0 amide bonds. The molecule has 0 bridgehead atoms. The highest BCUT2D eigenvalue weighted by Gasteiger charge is 2.16. The Morgan fingerprint density at radius 1 is 1.33 bits per heavy atom. The fourth-order valence-electron chi connectivity index (χ4n) is 1.53. The molecule has 82 valence electrons. The van der Waals surface area contributed by atoms with Crippen molar-refractivity contribution in [3.8, 4) is 0 Å². The third kappa shape index (κ3) is 3.65. The first-order valence-electron chi connectivity index (χ1n) is 4.92. The lowest BCUT2D eigenvalue weighted by atomic mass is 10.0. The summed E-state index contributed by atoms with van der Waals surface area (Å²) in [5.74, 6) is 0.190. The number of nitrogens with zero attached hydrogens (tertiary/aromatic N) is 1. The van der Waals surface area contributed by atoms with E-state index in [-0.39, 0.29) is 11.8 Å². The van der Waals surface area contributed by atoms with Crippen molar-refractivity contribution in [1.29, 1.82) is 0 Å². The molecule has 2 nitrogen and oxygen atoms in total. The summed E-state index contributed by atoms with van der Waals surface area (Å²) in [6, 6.07) is 7.57. The number of hydrogen-bond donors (Lipinski definition) is 0. The largest absolute Gasteiger partial charge is 0.299 e. The predicted octanol–water partition coefficient (Wildman–Crippen LogP) is 2.40. The van der Waals surface area contributed by atoms with Crippen LogP contribution in [0.25, 0.3) is 0 Å². The molecule has 15 heavy (non-hydrogen) atoms. The second kappa shape index (κ2) is 5.29. The van der Waals surface area contributed by atoms with E-state index in [4.69, 9.17) is 11.6 Å². The van der Waals surface area contributed by atoms with Gasteiger partial charge in [0, 0.05) is 5.02 Å². The number of carbonyl (C=O) groups is 1. The Labute approximate surface area is 95.8 Å². The zero-order chi connectivity index (χ0) is 11.4. The van der Waals surface area contributed by atoms with Crippen molar-refractivity contribution in [2.24, 2.45) is 0 Å². The number of likely N-dealkylation sites (N-methyl/N-ethyl adjacent to an activating group) is 1. The number of rotatable bonds is 4. The van der Waals surface area contributed by atoms with Crippen LogP contribution in [0.4, 0.5) is 0 Å². The molecule has 0 N–H and O–H groups in total. The topological polar surface area (TPSA) is 20.3 Å². The van der Waals surface area contributed by atoms with Crippen LogP contribution >= 0.6 is 11.6 Å². The molecule has 0 aliphatic carbocycles. The monoisotopic (exact) mass is 225 g/mol. The lowest BCUT2D eigenvalue weighted by molar-refractivity contribution is -0.121. The first-order valence-corrected chi connectivity index (χ1v) is 5.30. The molecule has 3 heteroatoms. The third-order valence-corrected chi connectivity index (χ3v) is 2.69. The summed E-state index contributed by atoms with van der Waals surface area (Å²) in [5, 5.41) is 0.725. The lowest BCUT2D eigenvalue weighted by Gasteiger charge is -2.21. The molecule has 0 spiro atoms. The van der Waals surface area contributed by atoms with E-state index in [1.807, 2.05) is 43.3 Å². The summed E-state index contributed by atoms with van der Waals surface area (Å²) in [6.07, 6.45) is 0.736. The van der Waals surface area contributed by atoms with E-state index in [0.29, 0.717) is 0 Å². The maximum atomic E-state index is 11.4. The molecule has 1 atom stereocenters. The molecule has 0 saturated carbocycles. The highest BCUT2D eigenvalue weighted by molar-refractivity contribution is 6.30. The minimum atomic E-state index is -0.0498. The number of carbonyl (C=O) groups excluding carboxylic acids is 1. The second-order valence-corrected chi connectivity index (χ2v) is 4.36. The first-order chi connectivity index (χ1) is 7.00. The molecule has 1 aromatic carbocycles. The Kier molecular flexibility index (Phi) is 4.30. The van der Waals surface area contributed by atoms with Crippen LogP contribution in [0.15, 0.2) is 24.3 Å². The average Bonchev–Trinajstić information content (AvgIpc) is 2.15. The van der Waals surface area contributed by atoms with Crippen LogP contribution in [0.3, 0.4) is 0 Å². The van der Waals surface area contributed by atoms with Crippen LogP contribution in [0.2, 0.25) is 5.02 Å². The van der Waals surface area contributed by atoms with Crippen molar-refractivity contribution >= 4 is 17.4 Å². The molecule has 0 saturated heterocycles. The van der Waals surface area contributed by atoms with Gasteiger partial charge in [0.05, 0.1) is 6.04 Å². The van der Waals surface area contributed by atoms with Crippen LogP contribution < -0.4 is 0 Å². The van der Waals surface area contributed by atoms with Crippen molar-refractivity contribution in [2.45, 2.75) is 19.4 Å². The van der Waals surface area contributed by atoms with Crippen molar-refractivity contribution in [3.63, 3.8) is 0 Å². The zero-order valence-electron chi connectivity index (χ0n) is 9.33. The fraction of sp³-hybridized carbons (Fsp3) is 0.417. The van der Waals surface area contributed by atoms with Crippen molar-refractivity contribution in [1.82, 2.24) is 4.90 Å². The van der Waals surface area contributed by atoms with Gasteiger partial charge in [0.2, 0.25) is 0 Å². The van der Waals surface area contributed by atoms with Gasteiger partial charge in [0.25, 0.3) is 0 Å². The molecule has 0 heterocycles. The van der Waals surface area contributed by atoms with Gasteiger partial charge in [-0.1, -0.05) is 23.7 Å².